The van der Waals surface area contributed by atoms with Crippen molar-refractivity contribution in [3.8, 4) is 11.3 Å². The normalized spacial score (nSPS) is 18.5. The second-order valence-electron chi connectivity index (χ2n) is 13.0. The summed E-state index contributed by atoms with van der Waals surface area (Å²) in [6, 6.07) is 10.2. The molecule has 0 atom stereocenters. The third kappa shape index (κ3) is 6.45. The summed E-state index contributed by atoms with van der Waals surface area (Å²) in [5, 5.41) is 3.73. The number of aromatic nitrogens is 3. The van der Waals surface area contributed by atoms with Crippen molar-refractivity contribution >= 4 is 46.6 Å². The summed E-state index contributed by atoms with van der Waals surface area (Å²) in [5.41, 5.74) is 3.13. The Hall–Kier alpha value is -3.92. The molecule has 44 heavy (non-hydrogen) atoms. The first-order chi connectivity index (χ1) is 21.1. The SMILES string of the molecule is CC(C)(C)OC(=O)N1CCC2(CC1)CCN(c1cncc(Nc3ncc(Cl)c(-c4cccc(N5CCCCC5)c4)n3)c1)C2=O. The van der Waals surface area contributed by atoms with Gasteiger partial charge in [-0.1, -0.05) is 23.7 Å². The lowest BCUT2D eigenvalue weighted by Crippen LogP contribution is -2.48. The Morgan fingerprint density at radius 1 is 0.955 bits per heavy atom. The standard InChI is InChI=1S/C33H40ClN7O3/c1-32(2,3)44-31(43)40-15-10-33(11-16-40)12-17-41(29(33)42)26-19-24(20-35-21-26)37-30-36-22-27(34)28(38-30)23-8-7-9-25(18-23)39-13-5-4-6-14-39/h7-9,18-22H,4-6,10-17H2,1-3H3,(H,36,37,38). The molecule has 0 saturated carbocycles. The van der Waals surface area contributed by atoms with Gasteiger partial charge in [-0.25, -0.2) is 14.8 Å². The first-order valence-electron chi connectivity index (χ1n) is 15.5. The van der Waals surface area contributed by atoms with E-state index in [2.05, 4.69) is 32.3 Å². The Kier molecular flexibility index (Phi) is 8.37. The van der Waals surface area contributed by atoms with E-state index < -0.39 is 11.0 Å². The molecule has 2 amide bonds. The number of rotatable bonds is 5. The van der Waals surface area contributed by atoms with Crippen LogP contribution in [0.5, 0.6) is 0 Å². The predicted molar refractivity (Wildman–Crippen MR) is 173 cm³/mol. The Morgan fingerprint density at radius 2 is 1.70 bits per heavy atom. The molecule has 0 unspecified atom stereocenters. The van der Waals surface area contributed by atoms with Crippen molar-refractivity contribution in [1.82, 2.24) is 19.9 Å². The van der Waals surface area contributed by atoms with Gasteiger partial charge in [0, 0.05) is 44.0 Å². The molecule has 3 fully saturated rings. The molecule has 2 aromatic heterocycles. The van der Waals surface area contributed by atoms with E-state index in [-0.39, 0.29) is 12.0 Å². The average molecular weight is 618 g/mol. The van der Waals surface area contributed by atoms with E-state index in [1.165, 1.54) is 24.9 Å². The number of carbonyl (C=O) groups excluding carboxylic acids is 2. The van der Waals surface area contributed by atoms with Crippen LogP contribution < -0.4 is 15.1 Å². The lowest BCUT2D eigenvalue weighted by Gasteiger charge is -2.38. The second kappa shape index (κ2) is 12.2. The quantitative estimate of drug-likeness (QED) is 0.338. The van der Waals surface area contributed by atoms with Crippen molar-refractivity contribution in [3.05, 3.63) is 53.9 Å². The van der Waals surface area contributed by atoms with Gasteiger partial charge in [-0.2, -0.15) is 0 Å². The molecule has 3 aliphatic heterocycles. The number of nitrogens with one attached hydrogen (secondary N) is 1. The number of carbonyl (C=O) groups is 2. The van der Waals surface area contributed by atoms with Crippen LogP contribution in [0.25, 0.3) is 11.3 Å². The smallest absolute Gasteiger partial charge is 0.410 e. The molecule has 0 aliphatic carbocycles. The number of ether oxygens (including phenoxy) is 1. The molecule has 1 N–H and O–H groups in total. The molecule has 11 heteroatoms. The van der Waals surface area contributed by atoms with Crippen molar-refractivity contribution in [3.63, 3.8) is 0 Å². The Bertz CT molecular complexity index is 1530. The number of hydrogen-bond donors (Lipinski definition) is 1. The molecule has 3 saturated heterocycles. The molecule has 0 bridgehead atoms. The van der Waals surface area contributed by atoms with E-state index in [1.54, 1.807) is 23.5 Å². The summed E-state index contributed by atoms with van der Waals surface area (Å²) in [4.78, 5) is 45.8. The Balaban J connectivity index is 1.14. The van der Waals surface area contributed by atoms with Gasteiger partial charge in [-0.15, -0.1) is 0 Å². The van der Waals surface area contributed by atoms with Gasteiger partial charge in [0.25, 0.3) is 0 Å². The number of benzene rings is 1. The summed E-state index contributed by atoms with van der Waals surface area (Å²) < 4.78 is 5.53. The summed E-state index contributed by atoms with van der Waals surface area (Å²) in [6.45, 7) is 9.31. The largest absolute Gasteiger partial charge is 0.444 e. The number of piperidine rings is 2. The molecular weight excluding hydrogens is 578 g/mol. The zero-order valence-electron chi connectivity index (χ0n) is 25.7. The summed E-state index contributed by atoms with van der Waals surface area (Å²) in [5.74, 6) is 0.476. The molecule has 6 rings (SSSR count). The lowest BCUT2D eigenvalue weighted by atomic mass is 9.77. The second-order valence-corrected chi connectivity index (χ2v) is 13.4. The van der Waals surface area contributed by atoms with Crippen LogP contribution >= 0.6 is 11.6 Å². The number of hydrogen-bond acceptors (Lipinski definition) is 8. The van der Waals surface area contributed by atoms with Crippen LogP contribution in [0, 0.1) is 5.41 Å². The van der Waals surface area contributed by atoms with Crippen LogP contribution in [-0.2, 0) is 9.53 Å². The van der Waals surface area contributed by atoms with Gasteiger partial charge >= 0.3 is 6.09 Å². The van der Waals surface area contributed by atoms with Crippen LogP contribution in [0.4, 0.5) is 27.8 Å². The van der Waals surface area contributed by atoms with E-state index in [4.69, 9.17) is 21.3 Å². The molecular formula is C33H40ClN7O3. The monoisotopic (exact) mass is 617 g/mol. The zero-order chi connectivity index (χ0) is 30.9. The molecule has 232 valence electrons. The van der Waals surface area contributed by atoms with E-state index in [1.807, 2.05) is 43.9 Å². The third-order valence-corrected chi connectivity index (χ3v) is 9.04. The van der Waals surface area contributed by atoms with Crippen molar-refractivity contribution in [2.45, 2.75) is 64.9 Å². The number of amides is 2. The van der Waals surface area contributed by atoms with Gasteiger partial charge < -0.3 is 24.8 Å². The van der Waals surface area contributed by atoms with E-state index >= 15 is 0 Å². The van der Waals surface area contributed by atoms with Crippen LogP contribution in [0.15, 0.2) is 48.9 Å². The first kappa shape index (κ1) is 30.1. The maximum Gasteiger partial charge on any atom is 0.410 e. The Morgan fingerprint density at radius 3 is 2.45 bits per heavy atom. The highest BCUT2D eigenvalue weighted by Gasteiger charge is 2.49. The number of nitrogens with zero attached hydrogens (tertiary/aromatic N) is 6. The van der Waals surface area contributed by atoms with Crippen LogP contribution in [0.1, 0.15) is 59.3 Å². The van der Waals surface area contributed by atoms with Gasteiger partial charge in [0.15, 0.2) is 0 Å². The number of likely N-dealkylation sites (tertiary alicyclic amines) is 1. The highest BCUT2D eigenvalue weighted by Crippen LogP contribution is 2.43. The predicted octanol–water partition coefficient (Wildman–Crippen LogP) is 6.68. The fourth-order valence-electron chi connectivity index (χ4n) is 6.38. The van der Waals surface area contributed by atoms with Gasteiger partial charge in [0.2, 0.25) is 11.9 Å². The molecule has 5 heterocycles. The average Bonchev–Trinajstić information content (AvgIpc) is 3.33. The fraction of sp³-hybridized carbons (Fsp3) is 0.485. The molecule has 1 spiro atoms. The van der Waals surface area contributed by atoms with E-state index in [9.17, 15) is 9.59 Å². The minimum absolute atomic E-state index is 0.0823. The maximum atomic E-state index is 13.7. The summed E-state index contributed by atoms with van der Waals surface area (Å²) in [7, 11) is 0. The maximum absolute atomic E-state index is 13.7. The molecule has 3 aromatic rings. The number of anilines is 4. The third-order valence-electron chi connectivity index (χ3n) is 8.76. The highest BCUT2D eigenvalue weighted by atomic mass is 35.5. The minimum Gasteiger partial charge on any atom is -0.444 e. The van der Waals surface area contributed by atoms with Gasteiger partial charge in [-0.3, -0.25) is 9.78 Å². The van der Waals surface area contributed by atoms with Gasteiger partial charge in [0.1, 0.15) is 5.60 Å². The molecule has 3 aliphatic rings. The van der Waals surface area contributed by atoms with Crippen molar-refractivity contribution < 1.29 is 14.3 Å². The molecule has 10 nitrogen and oxygen atoms in total. The highest BCUT2D eigenvalue weighted by molar-refractivity contribution is 6.32. The van der Waals surface area contributed by atoms with Crippen LogP contribution in [0.2, 0.25) is 5.02 Å². The van der Waals surface area contributed by atoms with Crippen molar-refractivity contribution in [1.29, 1.82) is 0 Å². The number of halogens is 1. The minimum atomic E-state index is -0.547. The van der Waals surface area contributed by atoms with E-state index in [0.717, 1.165) is 30.8 Å². The first-order valence-corrected chi connectivity index (χ1v) is 15.9. The van der Waals surface area contributed by atoms with Gasteiger partial charge in [0.05, 0.1) is 46.1 Å². The van der Waals surface area contributed by atoms with Crippen LogP contribution in [-0.4, -0.2) is 70.2 Å². The summed E-state index contributed by atoms with van der Waals surface area (Å²) in [6.07, 6.45) is 10.3. The topological polar surface area (TPSA) is 104 Å². The zero-order valence-corrected chi connectivity index (χ0v) is 26.4. The van der Waals surface area contributed by atoms with E-state index in [0.29, 0.717) is 54.8 Å². The van der Waals surface area contributed by atoms with Crippen LogP contribution in [0.3, 0.4) is 0 Å². The Labute approximate surface area is 263 Å². The molecule has 1 aromatic carbocycles. The van der Waals surface area contributed by atoms with Crippen molar-refractivity contribution in [2.75, 3.05) is 47.8 Å². The lowest BCUT2D eigenvalue weighted by molar-refractivity contribution is -0.128. The molecule has 0 radical (unpaired) electrons. The fourth-order valence-corrected chi connectivity index (χ4v) is 6.58. The van der Waals surface area contributed by atoms with Gasteiger partial charge in [-0.05, 0) is 77.5 Å². The van der Waals surface area contributed by atoms with Crippen molar-refractivity contribution in [2.24, 2.45) is 5.41 Å². The summed E-state index contributed by atoms with van der Waals surface area (Å²) >= 11 is 6.57. The number of pyridine rings is 1.